The molecular weight excluding hydrogens is 617 g/mol. The molecule has 0 N–H and O–H groups in total. The Kier molecular flexibility index (Phi) is 6.02. The molecule has 0 amide bonds. The molecule has 1 heteroatoms. The second-order valence-electron chi connectivity index (χ2n) is 13.6. The lowest BCUT2D eigenvalue weighted by Gasteiger charge is -2.19. The van der Waals surface area contributed by atoms with Crippen molar-refractivity contribution in [3.05, 3.63) is 182 Å². The minimum Gasteiger partial charge on any atom is -0.455 e. The Morgan fingerprint density at radius 3 is 1.55 bits per heavy atom. The summed E-state index contributed by atoms with van der Waals surface area (Å²) >= 11 is 0. The predicted molar refractivity (Wildman–Crippen MR) is 218 cm³/mol. The summed E-state index contributed by atoms with van der Waals surface area (Å²) in [5.74, 6) is 0. The van der Waals surface area contributed by atoms with Crippen molar-refractivity contribution < 1.29 is 4.42 Å². The largest absolute Gasteiger partial charge is 0.455 e. The molecule has 0 aliphatic carbocycles. The highest BCUT2D eigenvalue weighted by Crippen LogP contribution is 2.47. The van der Waals surface area contributed by atoms with Crippen molar-refractivity contribution >= 4 is 75.8 Å². The van der Waals surface area contributed by atoms with Crippen LogP contribution in [0.15, 0.2) is 186 Å². The van der Waals surface area contributed by atoms with Crippen molar-refractivity contribution in [3.8, 4) is 33.4 Å². The zero-order valence-electron chi connectivity index (χ0n) is 27.7. The first-order valence-corrected chi connectivity index (χ1v) is 17.6. The Morgan fingerprint density at radius 2 is 0.843 bits per heavy atom. The maximum absolute atomic E-state index is 6.52. The highest BCUT2D eigenvalue weighted by atomic mass is 16.3. The SMILES string of the molecule is c1ccc2c(c1)cc(-c1c3ccccc3c(-c3ccc(-c4cccc5oc6c7ccccc7ccc6c45)cc3)c3ccccc13)c1ccccc12. The topological polar surface area (TPSA) is 13.1 Å². The molecule has 1 aromatic heterocycles. The van der Waals surface area contributed by atoms with Crippen LogP contribution in [0.5, 0.6) is 0 Å². The average Bonchev–Trinajstić information content (AvgIpc) is 3.60. The van der Waals surface area contributed by atoms with Crippen molar-refractivity contribution in [2.24, 2.45) is 0 Å². The monoisotopic (exact) mass is 646 g/mol. The van der Waals surface area contributed by atoms with Gasteiger partial charge in [0.05, 0.1) is 0 Å². The summed E-state index contributed by atoms with van der Waals surface area (Å²) in [5, 5.41) is 14.8. The molecule has 0 saturated carbocycles. The smallest absolute Gasteiger partial charge is 0.143 e. The second-order valence-corrected chi connectivity index (χ2v) is 13.6. The van der Waals surface area contributed by atoms with Gasteiger partial charge in [0.25, 0.3) is 0 Å². The van der Waals surface area contributed by atoms with Gasteiger partial charge in [0.2, 0.25) is 0 Å². The van der Waals surface area contributed by atoms with E-state index in [9.17, 15) is 0 Å². The second kappa shape index (κ2) is 10.9. The van der Waals surface area contributed by atoms with E-state index in [1.165, 1.54) is 81.9 Å². The number of fused-ring (bicyclic) bond motifs is 10. The van der Waals surface area contributed by atoms with E-state index < -0.39 is 0 Å². The molecule has 1 heterocycles. The average molecular weight is 647 g/mol. The van der Waals surface area contributed by atoms with Gasteiger partial charge in [-0.2, -0.15) is 0 Å². The Hall–Kier alpha value is -6.70. The molecule has 0 fully saturated rings. The molecule has 1 nitrogen and oxygen atoms in total. The van der Waals surface area contributed by atoms with Crippen LogP contribution in [-0.2, 0) is 0 Å². The van der Waals surface area contributed by atoms with E-state index in [0.717, 1.165) is 27.3 Å². The van der Waals surface area contributed by atoms with E-state index in [1.807, 2.05) is 0 Å². The van der Waals surface area contributed by atoms with Crippen molar-refractivity contribution in [2.45, 2.75) is 0 Å². The summed E-state index contributed by atoms with van der Waals surface area (Å²) in [6, 6.07) is 66.3. The van der Waals surface area contributed by atoms with Gasteiger partial charge in [0.15, 0.2) is 0 Å². The maximum Gasteiger partial charge on any atom is 0.143 e. The van der Waals surface area contributed by atoms with Crippen molar-refractivity contribution in [1.82, 2.24) is 0 Å². The minimum absolute atomic E-state index is 0.914. The number of rotatable bonds is 3. The van der Waals surface area contributed by atoms with Crippen molar-refractivity contribution in [3.63, 3.8) is 0 Å². The van der Waals surface area contributed by atoms with Gasteiger partial charge in [-0.15, -0.1) is 0 Å². The van der Waals surface area contributed by atoms with Crippen LogP contribution in [0, 0.1) is 0 Å². The fourth-order valence-corrected chi connectivity index (χ4v) is 8.60. The zero-order valence-corrected chi connectivity index (χ0v) is 27.7. The lowest BCUT2D eigenvalue weighted by molar-refractivity contribution is 0.673. The van der Waals surface area contributed by atoms with Gasteiger partial charge >= 0.3 is 0 Å². The molecule has 0 bridgehead atoms. The van der Waals surface area contributed by atoms with E-state index >= 15 is 0 Å². The van der Waals surface area contributed by atoms with Crippen LogP contribution in [-0.4, -0.2) is 0 Å². The number of hydrogen-bond acceptors (Lipinski definition) is 1. The van der Waals surface area contributed by atoms with Gasteiger partial charge in [-0.3, -0.25) is 0 Å². The normalized spacial score (nSPS) is 11.9. The summed E-state index contributed by atoms with van der Waals surface area (Å²) in [7, 11) is 0. The molecule has 10 aromatic carbocycles. The third kappa shape index (κ3) is 4.16. The molecule has 11 aromatic rings. The van der Waals surface area contributed by atoms with Crippen LogP contribution in [0.2, 0.25) is 0 Å². The molecule has 0 radical (unpaired) electrons. The summed E-state index contributed by atoms with van der Waals surface area (Å²) in [4.78, 5) is 0. The first kappa shape index (κ1) is 28.2. The fraction of sp³-hybridized carbons (Fsp3) is 0. The molecule has 0 unspecified atom stereocenters. The molecule has 0 aliphatic rings. The lowest BCUT2D eigenvalue weighted by atomic mass is 9.83. The van der Waals surface area contributed by atoms with Gasteiger partial charge in [0.1, 0.15) is 11.2 Å². The van der Waals surface area contributed by atoms with Crippen LogP contribution in [0.3, 0.4) is 0 Å². The molecular formula is C50H30O. The Balaban J connectivity index is 1.13. The van der Waals surface area contributed by atoms with Gasteiger partial charge in [-0.1, -0.05) is 164 Å². The molecule has 11 rings (SSSR count). The van der Waals surface area contributed by atoms with Crippen molar-refractivity contribution in [1.29, 1.82) is 0 Å². The predicted octanol–water partition coefficient (Wildman–Crippen LogP) is 14.4. The van der Waals surface area contributed by atoms with Crippen LogP contribution >= 0.6 is 0 Å². The van der Waals surface area contributed by atoms with Crippen LogP contribution < -0.4 is 0 Å². The molecule has 0 atom stereocenters. The quantitative estimate of drug-likeness (QED) is 0.138. The number of furan rings is 1. The summed E-state index contributed by atoms with van der Waals surface area (Å²) in [6.45, 7) is 0. The maximum atomic E-state index is 6.52. The molecule has 236 valence electrons. The van der Waals surface area contributed by atoms with Gasteiger partial charge in [-0.05, 0) is 100 Å². The molecule has 0 spiro atoms. The Morgan fingerprint density at radius 1 is 0.294 bits per heavy atom. The van der Waals surface area contributed by atoms with Crippen LogP contribution in [0.1, 0.15) is 0 Å². The third-order valence-corrected chi connectivity index (χ3v) is 10.8. The lowest BCUT2D eigenvalue weighted by Crippen LogP contribution is -1.92. The van der Waals surface area contributed by atoms with Gasteiger partial charge in [-0.25, -0.2) is 0 Å². The molecule has 0 aliphatic heterocycles. The Bertz CT molecular complexity index is 3120. The minimum atomic E-state index is 0.914. The first-order chi connectivity index (χ1) is 25.3. The first-order valence-electron chi connectivity index (χ1n) is 17.6. The van der Waals surface area contributed by atoms with Gasteiger partial charge < -0.3 is 4.42 Å². The van der Waals surface area contributed by atoms with E-state index in [2.05, 4.69) is 182 Å². The molecule has 51 heavy (non-hydrogen) atoms. The van der Waals surface area contributed by atoms with E-state index in [4.69, 9.17) is 4.42 Å². The summed E-state index contributed by atoms with van der Waals surface area (Å²) in [5.41, 5.74) is 9.24. The summed E-state index contributed by atoms with van der Waals surface area (Å²) < 4.78 is 6.52. The van der Waals surface area contributed by atoms with E-state index in [-0.39, 0.29) is 0 Å². The van der Waals surface area contributed by atoms with Crippen LogP contribution in [0.25, 0.3) is 109 Å². The fourth-order valence-electron chi connectivity index (χ4n) is 8.60. The van der Waals surface area contributed by atoms with E-state index in [0.29, 0.717) is 0 Å². The highest BCUT2D eigenvalue weighted by Gasteiger charge is 2.20. The number of benzene rings is 10. The third-order valence-electron chi connectivity index (χ3n) is 10.8. The van der Waals surface area contributed by atoms with E-state index in [1.54, 1.807) is 0 Å². The van der Waals surface area contributed by atoms with Crippen LogP contribution in [0.4, 0.5) is 0 Å². The highest BCUT2D eigenvalue weighted by molar-refractivity contribution is 6.26. The van der Waals surface area contributed by atoms with Gasteiger partial charge in [0, 0.05) is 16.2 Å². The summed E-state index contributed by atoms with van der Waals surface area (Å²) in [6.07, 6.45) is 0. The zero-order chi connectivity index (χ0) is 33.5. The number of hydrogen-bond donors (Lipinski definition) is 0. The molecule has 0 saturated heterocycles. The Labute approximate surface area is 294 Å². The van der Waals surface area contributed by atoms with Crippen molar-refractivity contribution in [2.75, 3.05) is 0 Å². The standard InChI is InChI=1S/C50H30O/c1-4-15-37-31(12-1)28-29-44-49-36(22-11-23-46(49)51-50(37)44)32-24-26-33(27-25-32)47-40-18-7-9-20-42(40)48(43-21-10-8-19-41(43)47)45-30-34-13-2-3-14-35(34)38-16-5-6-17-39(38)45/h1-30H.